The van der Waals surface area contributed by atoms with Crippen LogP contribution in [0.2, 0.25) is 0 Å². The van der Waals surface area contributed by atoms with E-state index in [4.69, 9.17) is 14.6 Å². The third-order valence-corrected chi connectivity index (χ3v) is 3.31. The summed E-state index contributed by atoms with van der Waals surface area (Å²) in [6, 6.07) is -0.00564. The van der Waals surface area contributed by atoms with Crippen LogP contribution in [0, 0.1) is 0 Å². The summed E-state index contributed by atoms with van der Waals surface area (Å²) in [7, 11) is 1.70. The number of ether oxygens (including phenoxy) is 2. The minimum Gasteiger partial charge on any atom is -0.481 e. The van der Waals surface area contributed by atoms with Gasteiger partial charge < -0.3 is 14.6 Å². The van der Waals surface area contributed by atoms with Crippen LogP contribution in [-0.4, -0.2) is 61.0 Å². The molecule has 1 saturated heterocycles. The molecule has 1 rings (SSSR count). The normalized spacial score (nSPS) is 22.6. The molecule has 0 bridgehead atoms. The first-order valence-corrected chi connectivity index (χ1v) is 6.03. The van der Waals surface area contributed by atoms with E-state index in [-0.39, 0.29) is 18.1 Å². The van der Waals surface area contributed by atoms with Crippen molar-refractivity contribution in [1.82, 2.24) is 4.90 Å². The van der Waals surface area contributed by atoms with Gasteiger partial charge in [0.05, 0.1) is 25.2 Å². The van der Waals surface area contributed by atoms with E-state index in [0.717, 1.165) is 19.5 Å². The van der Waals surface area contributed by atoms with Crippen molar-refractivity contribution < 1.29 is 19.4 Å². The summed E-state index contributed by atoms with van der Waals surface area (Å²) in [5, 5.41) is 8.85. The highest BCUT2D eigenvalue weighted by molar-refractivity contribution is 5.67. The minimum absolute atomic E-state index is 0.00564. The molecule has 0 amide bonds. The largest absolute Gasteiger partial charge is 0.481 e. The molecule has 0 radical (unpaired) electrons. The number of carboxylic acid groups (broad SMARTS) is 1. The zero-order valence-corrected chi connectivity index (χ0v) is 10.9. The lowest BCUT2D eigenvalue weighted by molar-refractivity contribution is -0.140. The van der Waals surface area contributed by atoms with E-state index in [1.807, 2.05) is 13.8 Å². The Bertz CT molecular complexity index is 255. The second-order valence-electron chi connectivity index (χ2n) is 5.08. The van der Waals surface area contributed by atoms with Crippen molar-refractivity contribution in [2.45, 2.75) is 38.3 Å². The first-order chi connectivity index (χ1) is 7.94. The molecule has 1 aliphatic rings. The number of aliphatic carboxylic acids is 1. The number of morpholine rings is 1. The van der Waals surface area contributed by atoms with Gasteiger partial charge in [-0.1, -0.05) is 0 Å². The molecule has 1 fully saturated rings. The fourth-order valence-corrected chi connectivity index (χ4v) is 1.89. The predicted octanol–water partition coefficient (Wildman–Crippen LogP) is 0.977. The lowest BCUT2D eigenvalue weighted by atomic mass is 10.0. The number of methoxy groups -OCH3 is 1. The van der Waals surface area contributed by atoms with Crippen LogP contribution in [0.25, 0.3) is 0 Å². The van der Waals surface area contributed by atoms with Crippen LogP contribution in [0.15, 0.2) is 0 Å². The standard InChI is InChI=1S/C12H23NO4/c1-12(2,16-3)4-5-13-6-7-17-9-10(13)8-11(14)15/h10H,4-9H2,1-3H3,(H,14,15). The van der Waals surface area contributed by atoms with E-state index in [1.165, 1.54) is 0 Å². The lowest BCUT2D eigenvalue weighted by Gasteiger charge is -2.36. The summed E-state index contributed by atoms with van der Waals surface area (Å²) >= 11 is 0. The third-order valence-electron chi connectivity index (χ3n) is 3.31. The molecule has 5 nitrogen and oxygen atoms in total. The average molecular weight is 245 g/mol. The van der Waals surface area contributed by atoms with Gasteiger partial charge in [-0.2, -0.15) is 0 Å². The van der Waals surface area contributed by atoms with E-state index in [1.54, 1.807) is 7.11 Å². The van der Waals surface area contributed by atoms with Crippen LogP contribution in [0.5, 0.6) is 0 Å². The van der Waals surface area contributed by atoms with E-state index >= 15 is 0 Å². The maximum Gasteiger partial charge on any atom is 0.305 e. The van der Waals surface area contributed by atoms with Gasteiger partial charge in [-0.3, -0.25) is 9.69 Å². The molecule has 0 aromatic carbocycles. The van der Waals surface area contributed by atoms with Crippen molar-refractivity contribution >= 4 is 5.97 Å². The van der Waals surface area contributed by atoms with Gasteiger partial charge in [0.25, 0.3) is 0 Å². The van der Waals surface area contributed by atoms with Crippen molar-refractivity contribution in [3.63, 3.8) is 0 Å². The van der Waals surface area contributed by atoms with Gasteiger partial charge in [0.1, 0.15) is 0 Å². The summed E-state index contributed by atoms with van der Waals surface area (Å²) in [4.78, 5) is 13.0. The van der Waals surface area contributed by atoms with Gasteiger partial charge in [0, 0.05) is 26.2 Å². The quantitative estimate of drug-likeness (QED) is 0.756. The maximum absolute atomic E-state index is 10.8. The summed E-state index contributed by atoms with van der Waals surface area (Å²) < 4.78 is 10.7. The van der Waals surface area contributed by atoms with Crippen LogP contribution in [0.4, 0.5) is 0 Å². The first-order valence-electron chi connectivity index (χ1n) is 6.03. The Kier molecular flexibility index (Phi) is 5.36. The van der Waals surface area contributed by atoms with Crippen molar-refractivity contribution in [1.29, 1.82) is 0 Å². The molecule has 17 heavy (non-hydrogen) atoms. The van der Waals surface area contributed by atoms with E-state index < -0.39 is 5.97 Å². The minimum atomic E-state index is -0.767. The van der Waals surface area contributed by atoms with Gasteiger partial charge in [-0.15, -0.1) is 0 Å². The van der Waals surface area contributed by atoms with Crippen LogP contribution in [-0.2, 0) is 14.3 Å². The highest BCUT2D eigenvalue weighted by Crippen LogP contribution is 2.17. The van der Waals surface area contributed by atoms with Gasteiger partial charge in [0.15, 0.2) is 0 Å². The Balaban J connectivity index is 2.45. The number of carbonyl (C=O) groups is 1. The number of rotatable bonds is 6. The molecule has 0 aromatic heterocycles. The van der Waals surface area contributed by atoms with Gasteiger partial charge in [-0.25, -0.2) is 0 Å². The Labute approximate surface area is 103 Å². The first kappa shape index (κ1) is 14.4. The number of hydrogen-bond acceptors (Lipinski definition) is 4. The smallest absolute Gasteiger partial charge is 0.305 e. The van der Waals surface area contributed by atoms with Crippen LogP contribution in [0.1, 0.15) is 26.7 Å². The molecule has 5 heteroatoms. The second-order valence-corrected chi connectivity index (χ2v) is 5.08. The fraction of sp³-hybridized carbons (Fsp3) is 0.917. The summed E-state index contributed by atoms with van der Waals surface area (Å²) in [5.41, 5.74) is -0.161. The maximum atomic E-state index is 10.8. The Morgan fingerprint density at radius 3 is 2.88 bits per heavy atom. The average Bonchev–Trinajstić information content (AvgIpc) is 2.27. The molecule has 0 spiro atoms. The molecule has 1 heterocycles. The molecule has 1 unspecified atom stereocenters. The Morgan fingerprint density at radius 2 is 2.29 bits per heavy atom. The van der Waals surface area contributed by atoms with E-state index in [0.29, 0.717) is 13.2 Å². The van der Waals surface area contributed by atoms with Crippen LogP contribution in [0.3, 0.4) is 0 Å². The summed E-state index contributed by atoms with van der Waals surface area (Å²) in [5.74, 6) is -0.767. The highest BCUT2D eigenvalue weighted by atomic mass is 16.5. The molecule has 1 atom stereocenters. The summed E-state index contributed by atoms with van der Waals surface area (Å²) in [6.45, 7) is 6.93. The van der Waals surface area contributed by atoms with E-state index in [9.17, 15) is 4.79 Å². The second kappa shape index (κ2) is 6.33. The van der Waals surface area contributed by atoms with Crippen LogP contribution < -0.4 is 0 Å². The number of carboxylic acids is 1. The van der Waals surface area contributed by atoms with Crippen molar-refractivity contribution in [2.24, 2.45) is 0 Å². The van der Waals surface area contributed by atoms with Gasteiger partial charge in [0.2, 0.25) is 0 Å². The van der Waals surface area contributed by atoms with Crippen molar-refractivity contribution in [3.8, 4) is 0 Å². The Morgan fingerprint density at radius 1 is 1.59 bits per heavy atom. The highest BCUT2D eigenvalue weighted by Gasteiger charge is 2.27. The SMILES string of the molecule is COC(C)(C)CCN1CCOCC1CC(=O)O. The number of nitrogens with zero attached hydrogens (tertiary/aromatic N) is 1. The number of hydrogen-bond donors (Lipinski definition) is 1. The fourth-order valence-electron chi connectivity index (χ4n) is 1.89. The lowest BCUT2D eigenvalue weighted by Crippen LogP contribution is -2.48. The van der Waals surface area contributed by atoms with Crippen molar-refractivity contribution in [2.75, 3.05) is 33.4 Å². The topological polar surface area (TPSA) is 59.0 Å². The monoisotopic (exact) mass is 245 g/mol. The zero-order chi connectivity index (χ0) is 12.9. The zero-order valence-electron chi connectivity index (χ0n) is 10.9. The molecule has 0 aliphatic carbocycles. The van der Waals surface area contributed by atoms with Gasteiger partial charge in [-0.05, 0) is 20.3 Å². The molecule has 1 aliphatic heterocycles. The molecule has 0 aromatic rings. The molecule has 1 N–H and O–H groups in total. The predicted molar refractivity (Wildman–Crippen MR) is 64.1 cm³/mol. The van der Waals surface area contributed by atoms with Gasteiger partial charge >= 0.3 is 5.97 Å². The molecular formula is C12H23NO4. The summed E-state index contributed by atoms with van der Waals surface area (Å²) in [6.07, 6.45) is 1.03. The molecule has 0 saturated carbocycles. The molecular weight excluding hydrogens is 222 g/mol. The Hall–Kier alpha value is -0.650. The third kappa shape index (κ3) is 5.02. The van der Waals surface area contributed by atoms with E-state index in [2.05, 4.69) is 4.90 Å². The molecule has 100 valence electrons. The van der Waals surface area contributed by atoms with Crippen LogP contribution >= 0.6 is 0 Å². The van der Waals surface area contributed by atoms with Crippen molar-refractivity contribution in [3.05, 3.63) is 0 Å².